The molecule has 110 valence electrons. The predicted molar refractivity (Wildman–Crippen MR) is 101 cm³/mol. The van der Waals surface area contributed by atoms with Gasteiger partial charge in [-0.25, -0.2) is 0 Å². The Kier molecular flexibility index (Phi) is 4.67. The van der Waals surface area contributed by atoms with Gasteiger partial charge in [-0.2, -0.15) is 0 Å². The highest BCUT2D eigenvalue weighted by atomic mass is 79.9. The average molecular weight is 436 g/mol. The summed E-state index contributed by atoms with van der Waals surface area (Å²) in [6.45, 7) is 0. The van der Waals surface area contributed by atoms with E-state index in [9.17, 15) is 4.57 Å². The second-order valence-corrected chi connectivity index (χ2v) is 9.38. The minimum Gasteiger partial charge on any atom is -0.309 e. The van der Waals surface area contributed by atoms with Gasteiger partial charge in [-0.05, 0) is 34.1 Å². The minimum absolute atomic E-state index is 0.805. The molecule has 1 nitrogen and oxygen atoms in total. The average Bonchev–Trinajstić information content (AvgIpc) is 2.58. The summed E-state index contributed by atoms with van der Waals surface area (Å²) in [7, 11) is -2.92. The van der Waals surface area contributed by atoms with E-state index in [0.717, 1.165) is 24.9 Å². The first-order valence-corrected chi connectivity index (χ1v) is 10.1. The van der Waals surface area contributed by atoms with Crippen LogP contribution in [-0.4, -0.2) is 0 Å². The summed E-state index contributed by atoms with van der Waals surface area (Å²) in [6.07, 6.45) is 0. The van der Waals surface area contributed by atoms with E-state index >= 15 is 0 Å². The molecule has 0 aromatic heterocycles. The summed E-state index contributed by atoms with van der Waals surface area (Å²) in [4.78, 5) is 0. The standard InChI is InChI=1S/C18H13Br2OP/c19-14-11-12-17(20)18(13-14)22(21,15-7-3-1-4-8-15)16-9-5-2-6-10-16/h1-13H. The van der Waals surface area contributed by atoms with Crippen molar-refractivity contribution < 1.29 is 4.57 Å². The van der Waals surface area contributed by atoms with Crippen molar-refractivity contribution in [3.05, 3.63) is 87.8 Å². The highest BCUT2D eigenvalue weighted by molar-refractivity contribution is 9.11. The molecule has 0 bridgehead atoms. The fourth-order valence-corrected chi connectivity index (χ4v) is 6.70. The van der Waals surface area contributed by atoms with E-state index in [-0.39, 0.29) is 0 Å². The van der Waals surface area contributed by atoms with E-state index < -0.39 is 7.14 Å². The quantitative estimate of drug-likeness (QED) is 0.537. The van der Waals surface area contributed by atoms with Gasteiger partial charge in [-0.15, -0.1) is 0 Å². The molecule has 0 aliphatic rings. The van der Waals surface area contributed by atoms with Crippen molar-refractivity contribution in [2.45, 2.75) is 0 Å². The zero-order chi connectivity index (χ0) is 15.6. The van der Waals surface area contributed by atoms with Crippen LogP contribution in [0.15, 0.2) is 87.8 Å². The molecule has 22 heavy (non-hydrogen) atoms. The molecule has 0 spiro atoms. The monoisotopic (exact) mass is 434 g/mol. The van der Waals surface area contributed by atoms with Gasteiger partial charge in [0.15, 0.2) is 7.14 Å². The summed E-state index contributed by atoms with van der Waals surface area (Å²) >= 11 is 7.06. The summed E-state index contributed by atoms with van der Waals surface area (Å²) in [5.41, 5.74) is 0. The lowest BCUT2D eigenvalue weighted by Crippen LogP contribution is -2.25. The van der Waals surface area contributed by atoms with Crippen LogP contribution in [0.25, 0.3) is 0 Å². The Bertz CT molecular complexity index is 789. The summed E-state index contributed by atoms with van der Waals surface area (Å²) in [6, 6.07) is 25.1. The van der Waals surface area contributed by atoms with Crippen molar-refractivity contribution in [2.75, 3.05) is 0 Å². The maximum atomic E-state index is 14.1. The molecule has 4 heteroatoms. The maximum absolute atomic E-state index is 14.1. The van der Waals surface area contributed by atoms with E-state index in [4.69, 9.17) is 0 Å². The highest BCUT2D eigenvalue weighted by Gasteiger charge is 2.31. The maximum Gasteiger partial charge on any atom is 0.172 e. The molecule has 0 unspecified atom stereocenters. The number of benzene rings is 3. The molecule has 0 saturated carbocycles. The van der Waals surface area contributed by atoms with Crippen LogP contribution in [0.4, 0.5) is 0 Å². The van der Waals surface area contributed by atoms with Crippen LogP contribution in [0.1, 0.15) is 0 Å². The van der Waals surface area contributed by atoms with E-state index in [1.54, 1.807) is 0 Å². The van der Waals surface area contributed by atoms with Crippen LogP contribution in [0.3, 0.4) is 0 Å². The van der Waals surface area contributed by atoms with Crippen LogP contribution in [0.2, 0.25) is 0 Å². The lowest BCUT2D eigenvalue weighted by Gasteiger charge is -2.21. The fraction of sp³-hybridized carbons (Fsp3) is 0. The predicted octanol–water partition coefficient (Wildman–Crippen LogP) is 4.85. The molecule has 3 aromatic carbocycles. The van der Waals surface area contributed by atoms with E-state index in [1.165, 1.54) is 0 Å². The Morgan fingerprint density at radius 2 is 1.18 bits per heavy atom. The topological polar surface area (TPSA) is 17.1 Å². The molecule has 3 aromatic rings. The van der Waals surface area contributed by atoms with Crippen molar-refractivity contribution >= 4 is 54.9 Å². The summed E-state index contributed by atoms with van der Waals surface area (Å²) in [5.74, 6) is 0. The van der Waals surface area contributed by atoms with Gasteiger partial charge in [0, 0.05) is 24.9 Å². The molecule has 0 amide bonds. The molecule has 0 aliphatic heterocycles. The molecule has 0 saturated heterocycles. The summed E-state index contributed by atoms with van der Waals surface area (Å²) < 4.78 is 15.9. The molecule has 0 aliphatic carbocycles. The van der Waals surface area contributed by atoms with Crippen LogP contribution in [-0.2, 0) is 4.57 Å². The third-order valence-corrected chi connectivity index (χ3v) is 8.08. The van der Waals surface area contributed by atoms with E-state index in [1.807, 2.05) is 78.9 Å². The van der Waals surface area contributed by atoms with Gasteiger partial charge >= 0.3 is 0 Å². The smallest absolute Gasteiger partial charge is 0.172 e. The fourth-order valence-electron chi connectivity index (χ4n) is 2.43. The number of halogens is 2. The zero-order valence-corrected chi connectivity index (χ0v) is 15.7. The Hall–Kier alpha value is -1.15. The Balaban J connectivity index is 2.34. The van der Waals surface area contributed by atoms with Crippen LogP contribution in [0.5, 0.6) is 0 Å². The first-order valence-electron chi connectivity index (χ1n) is 6.79. The van der Waals surface area contributed by atoms with Gasteiger partial charge in [0.1, 0.15) is 0 Å². The number of hydrogen-bond donors (Lipinski definition) is 0. The Morgan fingerprint density at radius 3 is 1.68 bits per heavy atom. The van der Waals surface area contributed by atoms with Gasteiger partial charge in [0.2, 0.25) is 0 Å². The van der Waals surface area contributed by atoms with Gasteiger partial charge in [-0.3, -0.25) is 0 Å². The van der Waals surface area contributed by atoms with Crippen molar-refractivity contribution in [3.8, 4) is 0 Å². The van der Waals surface area contributed by atoms with Crippen LogP contribution >= 0.6 is 39.0 Å². The third kappa shape index (κ3) is 2.86. The normalized spacial score (nSPS) is 11.4. The van der Waals surface area contributed by atoms with Crippen molar-refractivity contribution in [2.24, 2.45) is 0 Å². The molecule has 0 atom stereocenters. The first-order chi connectivity index (χ1) is 10.6. The Labute approximate surface area is 147 Å². The molecule has 0 heterocycles. The van der Waals surface area contributed by atoms with E-state index in [0.29, 0.717) is 0 Å². The van der Waals surface area contributed by atoms with E-state index in [2.05, 4.69) is 31.9 Å². The number of hydrogen-bond acceptors (Lipinski definition) is 1. The molecule has 0 radical (unpaired) electrons. The molecular weight excluding hydrogens is 423 g/mol. The minimum atomic E-state index is -2.92. The molecule has 0 N–H and O–H groups in total. The van der Waals surface area contributed by atoms with Gasteiger partial charge in [0.25, 0.3) is 0 Å². The van der Waals surface area contributed by atoms with Crippen LogP contribution < -0.4 is 15.9 Å². The van der Waals surface area contributed by atoms with Gasteiger partial charge < -0.3 is 4.57 Å². The second-order valence-electron chi connectivity index (χ2n) is 4.88. The van der Waals surface area contributed by atoms with Gasteiger partial charge in [-0.1, -0.05) is 76.6 Å². The molecular formula is C18H13Br2OP. The second kappa shape index (κ2) is 6.54. The van der Waals surface area contributed by atoms with Gasteiger partial charge in [0.05, 0.1) is 0 Å². The zero-order valence-electron chi connectivity index (χ0n) is 11.6. The molecule has 3 rings (SSSR count). The lowest BCUT2D eigenvalue weighted by atomic mass is 10.4. The van der Waals surface area contributed by atoms with Crippen molar-refractivity contribution in [1.29, 1.82) is 0 Å². The highest BCUT2D eigenvalue weighted by Crippen LogP contribution is 2.44. The number of rotatable bonds is 3. The molecule has 0 fully saturated rings. The third-order valence-electron chi connectivity index (χ3n) is 3.49. The van der Waals surface area contributed by atoms with Crippen molar-refractivity contribution in [1.82, 2.24) is 0 Å². The largest absolute Gasteiger partial charge is 0.309 e. The lowest BCUT2D eigenvalue weighted by molar-refractivity contribution is 0.592. The van der Waals surface area contributed by atoms with Crippen molar-refractivity contribution in [3.63, 3.8) is 0 Å². The SMILES string of the molecule is O=P(c1ccccc1)(c1ccccc1)c1cc(Br)ccc1Br. The summed E-state index contributed by atoms with van der Waals surface area (Å²) in [5, 5.41) is 2.47. The van der Waals surface area contributed by atoms with Crippen LogP contribution in [0, 0.1) is 0 Å². The first kappa shape index (κ1) is 15.7. The Morgan fingerprint density at radius 1 is 0.682 bits per heavy atom.